The number of likely N-dealkylation sites (N-methyl/N-ethyl adjacent to an activating group) is 1. The minimum Gasteiger partial charge on any atom is -0.756 e. The molecule has 0 saturated carbocycles. The van der Waals surface area contributed by atoms with Crippen molar-refractivity contribution in [3.05, 3.63) is 85.1 Å². The van der Waals surface area contributed by atoms with Crippen LogP contribution in [0.5, 0.6) is 0 Å². The lowest BCUT2D eigenvalue weighted by Crippen LogP contribution is -2.46. The third-order valence-corrected chi connectivity index (χ3v) is 14.4. The lowest BCUT2D eigenvalue weighted by atomic mass is 10.0. The second-order valence-electron chi connectivity index (χ2n) is 21.7. The SMILES string of the molecule is CC/C=C\C/C=C\C/C=C\C/C=C\C/C=C\C/C=C\C/C=C\CCCCCCCCCCCCCCCC(=O)NC(COP(=O)([O-])OCC[N+](C)(C)C)C(O)CCCCCCCCCCCCCCCCCC. The summed E-state index contributed by atoms with van der Waals surface area (Å²) in [5, 5.41) is 14.0. The van der Waals surface area contributed by atoms with Crippen LogP contribution in [-0.4, -0.2) is 68.5 Å². The van der Waals surface area contributed by atoms with Gasteiger partial charge >= 0.3 is 0 Å². The molecule has 3 atom stereocenters. The van der Waals surface area contributed by atoms with E-state index >= 15 is 0 Å². The van der Waals surface area contributed by atoms with Crippen molar-refractivity contribution in [2.45, 2.75) is 276 Å². The molecule has 0 aromatic rings. The van der Waals surface area contributed by atoms with Crippen LogP contribution >= 0.6 is 7.82 Å². The van der Waals surface area contributed by atoms with Crippen molar-refractivity contribution in [1.82, 2.24) is 5.32 Å². The fraction of sp³-hybridized carbons (Fsp3) is 0.766. The molecule has 0 rings (SSSR count). The molecule has 0 aromatic carbocycles. The molecule has 0 aliphatic rings. The Bertz CT molecular complexity index is 1460. The van der Waals surface area contributed by atoms with E-state index in [9.17, 15) is 19.4 Å². The second kappa shape index (κ2) is 54.5. The first kappa shape index (κ1) is 70.7. The van der Waals surface area contributed by atoms with Crippen LogP contribution in [0, 0.1) is 0 Å². The van der Waals surface area contributed by atoms with Gasteiger partial charge in [-0.25, -0.2) is 0 Å². The van der Waals surface area contributed by atoms with E-state index in [1.54, 1.807) is 0 Å². The molecule has 0 radical (unpaired) electrons. The monoisotopic (exact) mass is 1040 g/mol. The third-order valence-electron chi connectivity index (χ3n) is 13.4. The van der Waals surface area contributed by atoms with Crippen molar-refractivity contribution in [1.29, 1.82) is 0 Å². The first-order chi connectivity index (χ1) is 35.5. The average Bonchev–Trinajstić information content (AvgIpc) is 3.35. The molecule has 3 unspecified atom stereocenters. The molecular formula is C64H117N2O6P. The molecule has 0 bridgehead atoms. The van der Waals surface area contributed by atoms with Crippen LogP contribution in [0.2, 0.25) is 0 Å². The Kier molecular flexibility index (Phi) is 52.7. The molecule has 2 N–H and O–H groups in total. The second-order valence-corrected chi connectivity index (χ2v) is 23.1. The molecule has 9 heteroatoms. The number of carbonyl (C=O) groups is 1. The maximum Gasteiger partial charge on any atom is 0.268 e. The maximum absolute atomic E-state index is 13.0. The Morgan fingerprint density at radius 1 is 0.493 bits per heavy atom. The largest absolute Gasteiger partial charge is 0.756 e. The molecule has 8 nitrogen and oxygen atoms in total. The van der Waals surface area contributed by atoms with Gasteiger partial charge in [-0.15, -0.1) is 0 Å². The maximum atomic E-state index is 13.0. The highest BCUT2D eigenvalue weighted by atomic mass is 31.2. The van der Waals surface area contributed by atoms with Crippen LogP contribution in [0.3, 0.4) is 0 Å². The highest BCUT2D eigenvalue weighted by Crippen LogP contribution is 2.38. The fourth-order valence-corrected chi connectivity index (χ4v) is 9.39. The van der Waals surface area contributed by atoms with Crippen LogP contribution in [0.15, 0.2) is 85.1 Å². The van der Waals surface area contributed by atoms with Gasteiger partial charge in [0.25, 0.3) is 7.82 Å². The summed E-state index contributed by atoms with van der Waals surface area (Å²) in [5.74, 6) is -0.167. The topological polar surface area (TPSA) is 108 Å². The summed E-state index contributed by atoms with van der Waals surface area (Å²) in [7, 11) is 1.30. The lowest BCUT2D eigenvalue weighted by Gasteiger charge is -2.30. The van der Waals surface area contributed by atoms with Crippen LogP contribution in [-0.2, 0) is 18.4 Å². The minimum absolute atomic E-state index is 0.00976. The molecule has 0 aliphatic carbocycles. The number of nitrogens with one attached hydrogen (secondary N) is 1. The quantitative estimate of drug-likeness (QED) is 0.0272. The van der Waals surface area contributed by atoms with Crippen molar-refractivity contribution in [3.8, 4) is 0 Å². The number of aliphatic hydroxyl groups is 1. The number of phosphoric acid groups is 1. The molecular weight excluding hydrogens is 924 g/mol. The number of rotatable bonds is 55. The van der Waals surface area contributed by atoms with E-state index < -0.39 is 20.0 Å². The zero-order valence-corrected chi connectivity index (χ0v) is 49.2. The van der Waals surface area contributed by atoms with Crippen molar-refractivity contribution < 1.29 is 32.9 Å². The average molecular weight is 1040 g/mol. The van der Waals surface area contributed by atoms with Gasteiger partial charge in [0.1, 0.15) is 13.2 Å². The Morgan fingerprint density at radius 2 is 0.836 bits per heavy atom. The molecule has 424 valence electrons. The van der Waals surface area contributed by atoms with Gasteiger partial charge in [0, 0.05) is 6.42 Å². The number of hydrogen-bond acceptors (Lipinski definition) is 6. The number of carbonyl (C=O) groups excluding carboxylic acids is 1. The van der Waals surface area contributed by atoms with Gasteiger partial charge in [-0.05, 0) is 70.6 Å². The number of phosphoric ester groups is 1. The van der Waals surface area contributed by atoms with E-state index in [-0.39, 0.29) is 19.1 Å². The minimum atomic E-state index is -4.58. The van der Waals surface area contributed by atoms with Gasteiger partial charge in [-0.2, -0.15) is 0 Å². The van der Waals surface area contributed by atoms with Crippen molar-refractivity contribution >= 4 is 13.7 Å². The number of allylic oxidation sites excluding steroid dienone is 14. The van der Waals surface area contributed by atoms with Gasteiger partial charge in [0.2, 0.25) is 5.91 Å². The predicted molar refractivity (Wildman–Crippen MR) is 316 cm³/mol. The van der Waals surface area contributed by atoms with Crippen LogP contribution in [0.1, 0.15) is 264 Å². The summed E-state index contributed by atoms with van der Waals surface area (Å²) < 4.78 is 23.4. The summed E-state index contributed by atoms with van der Waals surface area (Å²) in [5.41, 5.74) is 0. The number of unbranched alkanes of at least 4 members (excludes halogenated alkanes) is 28. The smallest absolute Gasteiger partial charge is 0.268 e. The Labute approximate surface area is 452 Å². The van der Waals surface area contributed by atoms with Crippen molar-refractivity contribution in [2.75, 3.05) is 40.9 Å². The van der Waals surface area contributed by atoms with E-state index in [0.29, 0.717) is 23.9 Å². The predicted octanol–water partition coefficient (Wildman–Crippen LogP) is 18.2. The van der Waals surface area contributed by atoms with E-state index in [0.717, 1.165) is 83.5 Å². The van der Waals surface area contributed by atoms with E-state index in [1.807, 2.05) is 21.1 Å². The molecule has 0 aliphatic heterocycles. The molecule has 0 spiro atoms. The van der Waals surface area contributed by atoms with Gasteiger partial charge in [0.05, 0.1) is 39.9 Å². The van der Waals surface area contributed by atoms with Gasteiger partial charge in [-0.3, -0.25) is 9.36 Å². The normalized spacial score (nSPS) is 14.5. The Morgan fingerprint density at radius 3 is 1.22 bits per heavy atom. The number of aliphatic hydroxyl groups excluding tert-OH is 1. The Hall–Kier alpha value is -2.32. The number of amides is 1. The van der Waals surface area contributed by atoms with Gasteiger partial charge in [0.15, 0.2) is 0 Å². The molecule has 0 aromatic heterocycles. The van der Waals surface area contributed by atoms with Gasteiger partial charge in [-0.1, -0.05) is 272 Å². The van der Waals surface area contributed by atoms with E-state index in [1.165, 1.54) is 154 Å². The summed E-state index contributed by atoms with van der Waals surface area (Å²) in [6, 6.07) is -0.805. The van der Waals surface area contributed by atoms with Gasteiger partial charge < -0.3 is 28.8 Å². The molecule has 1 amide bonds. The third kappa shape index (κ3) is 57.2. The summed E-state index contributed by atoms with van der Waals surface area (Å²) in [6.45, 7) is 4.62. The number of hydrogen-bond donors (Lipinski definition) is 2. The summed E-state index contributed by atoms with van der Waals surface area (Å²) in [4.78, 5) is 25.5. The first-order valence-electron chi connectivity index (χ1n) is 30.4. The van der Waals surface area contributed by atoms with E-state index in [2.05, 4.69) is 104 Å². The molecule has 0 heterocycles. The van der Waals surface area contributed by atoms with Crippen LogP contribution in [0.4, 0.5) is 0 Å². The van der Waals surface area contributed by atoms with Crippen LogP contribution in [0.25, 0.3) is 0 Å². The zero-order valence-electron chi connectivity index (χ0n) is 48.3. The molecule has 0 saturated heterocycles. The first-order valence-corrected chi connectivity index (χ1v) is 31.9. The number of quaternary nitrogens is 1. The Balaban J connectivity index is 4.07. The highest BCUT2D eigenvalue weighted by molar-refractivity contribution is 7.45. The lowest BCUT2D eigenvalue weighted by molar-refractivity contribution is -0.870. The standard InChI is InChI=1S/C64H117N2O6P/c1-6-8-10-12-14-16-18-20-22-24-25-26-27-28-29-30-31-32-33-34-35-36-37-38-39-40-41-42-44-46-48-50-52-54-56-58-64(68)65-62(61-72-73(69,70)71-60-59-66(3,4)5)63(67)57-55-53-51-49-47-45-43-23-21-19-17-15-13-11-9-7-2/h8,10,14,16,20,22,25-26,28-29,31-32,34-35,62-63,67H,6-7,9,11-13,15,17-19,21,23-24,27,30,33,36-61H2,1-5H3,(H-,65,68,69,70)/b10-8-,16-14-,22-20-,26-25-,29-28-,32-31-,35-34-. The summed E-state index contributed by atoms with van der Waals surface area (Å²) in [6.07, 6.45) is 76.2. The van der Waals surface area contributed by atoms with Crippen molar-refractivity contribution in [3.63, 3.8) is 0 Å². The fourth-order valence-electron chi connectivity index (χ4n) is 8.67. The van der Waals surface area contributed by atoms with Crippen LogP contribution < -0.4 is 10.2 Å². The van der Waals surface area contributed by atoms with Crippen molar-refractivity contribution in [2.24, 2.45) is 0 Å². The number of nitrogens with zero attached hydrogens (tertiary/aromatic N) is 1. The summed E-state index contributed by atoms with van der Waals surface area (Å²) >= 11 is 0. The highest BCUT2D eigenvalue weighted by Gasteiger charge is 2.24. The molecule has 73 heavy (non-hydrogen) atoms. The molecule has 0 fully saturated rings. The van der Waals surface area contributed by atoms with E-state index in [4.69, 9.17) is 9.05 Å². The zero-order chi connectivity index (χ0) is 53.5.